The van der Waals surface area contributed by atoms with Crippen molar-refractivity contribution >= 4 is 5.78 Å². The Hall–Kier alpha value is -1.16. The van der Waals surface area contributed by atoms with Crippen LogP contribution in [0.3, 0.4) is 0 Å². The molecule has 0 aliphatic heterocycles. The molecule has 4 nitrogen and oxygen atoms in total. The lowest BCUT2D eigenvalue weighted by Gasteiger charge is -2.11. The molecular weight excluding hydrogens is 202 g/mol. The fraction of sp³-hybridized carbons (Fsp3) is 0.667. The monoisotopic (exact) mass is 223 g/mol. The van der Waals surface area contributed by atoms with E-state index in [0.717, 1.165) is 19.4 Å². The Balaban J connectivity index is 2.68. The number of rotatable bonds is 7. The molecule has 0 aliphatic carbocycles. The lowest BCUT2D eigenvalue weighted by molar-refractivity contribution is 0.0950. The van der Waals surface area contributed by atoms with Crippen LogP contribution in [0.4, 0.5) is 0 Å². The molecule has 1 unspecified atom stereocenters. The topological polar surface area (TPSA) is 60.9 Å². The second kappa shape index (κ2) is 6.43. The number of Topliss-reactive ketones (excluding diaryl/α,β-unsaturated/α-hetero) is 1. The summed E-state index contributed by atoms with van der Waals surface area (Å²) in [6.45, 7) is 5.51. The molecule has 16 heavy (non-hydrogen) atoms. The minimum absolute atomic E-state index is 0.156. The third kappa shape index (κ3) is 3.17. The Bertz CT molecular complexity index is 329. The van der Waals surface area contributed by atoms with E-state index in [2.05, 4.69) is 18.9 Å². The van der Waals surface area contributed by atoms with Crippen molar-refractivity contribution in [3.63, 3.8) is 0 Å². The number of carbonyl (C=O) groups excluding carboxylic acids is 1. The second-order valence-electron chi connectivity index (χ2n) is 4.08. The molecule has 0 radical (unpaired) electrons. The van der Waals surface area contributed by atoms with Crippen LogP contribution in [0.2, 0.25) is 0 Å². The van der Waals surface area contributed by atoms with E-state index in [9.17, 15) is 4.79 Å². The van der Waals surface area contributed by atoms with Gasteiger partial charge in [-0.1, -0.05) is 20.3 Å². The summed E-state index contributed by atoms with van der Waals surface area (Å²) in [7, 11) is 0. The summed E-state index contributed by atoms with van der Waals surface area (Å²) in [5, 5.41) is 4.15. The smallest absolute Gasteiger partial charge is 0.181 e. The summed E-state index contributed by atoms with van der Waals surface area (Å²) in [6.07, 6.45) is 4.15. The highest BCUT2D eigenvalue weighted by Crippen LogP contribution is 2.12. The van der Waals surface area contributed by atoms with E-state index in [0.29, 0.717) is 18.7 Å². The molecular formula is C12H21N3O. The zero-order chi connectivity index (χ0) is 12.0. The standard InChI is InChI=1S/C12H21N3O/c1-3-7-15-11(5-6-14-15)12(16)8-10(4-2)9-13/h5-6,10H,3-4,7-9,13H2,1-2H3. The lowest BCUT2D eigenvalue weighted by atomic mass is 9.98. The van der Waals surface area contributed by atoms with Crippen LogP contribution in [0.25, 0.3) is 0 Å². The summed E-state index contributed by atoms with van der Waals surface area (Å²) in [4.78, 5) is 12.0. The van der Waals surface area contributed by atoms with Crippen LogP contribution < -0.4 is 5.73 Å². The van der Waals surface area contributed by atoms with E-state index < -0.39 is 0 Å². The summed E-state index contributed by atoms with van der Waals surface area (Å²) in [5.41, 5.74) is 6.32. The third-order valence-corrected chi connectivity index (χ3v) is 2.82. The summed E-state index contributed by atoms with van der Waals surface area (Å²) in [5.74, 6) is 0.445. The number of ketones is 1. The van der Waals surface area contributed by atoms with Crippen LogP contribution in [-0.4, -0.2) is 22.1 Å². The molecule has 2 N–H and O–H groups in total. The number of aromatic nitrogens is 2. The van der Waals surface area contributed by atoms with Crippen molar-refractivity contribution in [3.8, 4) is 0 Å². The van der Waals surface area contributed by atoms with Crippen molar-refractivity contribution < 1.29 is 4.79 Å². The first-order chi connectivity index (χ1) is 7.72. The van der Waals surface area contributed by atoms with Gasteiger partial charge in [-0.05, 0) is 24.9 Å². The molecule has 1 aromatic rings. The molecule has 0 fully saturated rings. The van der Waals surface area contributed by atoms with Crippen LogP contribution in [-0.2, 0) is 6.54 Å². The highest BCUT2D eigenvalue weighted by molar-refractivity contribution is 5.94. The molecule has 1 heterocycles. The molecule has 90 valence electrons. The van der Waals surface area contributed by atoms with Gasteiger partial charge in [0.15, 0.2) is 5.78 Å². The number of hydrogen-bond acceptors (Lipinski definition) is 3. The van der Waals surface area contributed by atoms with E-state index in [-0.39, 0.29) is 11.7 Å². The Kier molecular flexibility index (Phi) is 5.19. The number of nitrogens with two attached hydrogens (primary N) is 1. The highest BCUT2D eigenvalue weighted by atomic mass is 16.1. The fourth-order valence-corrected chi connectivity index (χ4v) is 1.72. The quantitative estimate of drug-likeness (QED) is 0.718. The Morgan fingerprint density at radius 1 is 1.56 bits per heavy atom. The number of nitrogens with zero attached hydrogens (tertiary/aromatic N) is 2. The van der Waals surface area contributed by atoms with Crippen molar-refractivity contribution in [1.29, 1.82) is 0 Å². The lowest BCUT2D eigenvalue weighted by Crippen LogP contribution is -2.19. The van der Waals surface area contributed by atoms with E-state index in [1.165, 1.54) is 0 Å². The molecule has 0 bridgehead atoms. The predicted octanol–water partition coefficient (Wildman–Crippen LogP) is 1.85. The van der Waals surface area contributed by atoms with Crippen molar-refractivity contribution in [2.24, 2.45) is 11.7 Å². The maximum Gasteiger partial charge on any atom is 0.181 e. The van der Waals surface area contributed by atoms with Gasteiger partial charge < -0.3 is 5.73 Å². The van der Waals surface area contributed by atoms with Gasteiger partial charge in [-0.25, -0.2) is 0 Å². The zero-order valence-electron chi connectivity index (χ0n) is 10.1. The van der Waals surface area contributed by atoms with Gasteiger partial charge in [-0.2, -0.15) is 5.10 Å². The second-order valence-corrected chi connectivity index (χ2v) is 4.08. The Morgan fingerprint density at radius 3 is 2.88 bits per heavy atom. The molecule has 1 aromatic heterocycles. The molecule has 0 amide bonds. The molecule has 0 aromatic carbocycles. The van der Waals surface area contributed by atoms with Crippen LogP contribution in [0.5, 0.6) is 0 Å². The summed E-state index contributed by atoms with van der Waals surface area (Å²) >= 11 is 0. The van der Waals surface area contributed by atoms with E-state index in [4.69, 9.17) is 5.73 Å². The minimum atomic E-state index is 0.156. The molecule has 1 rings (SSSR count). The SMILES string of the molecule is CCCn1nccc1C(=O)CC(CC)CN. The molecule has 0 aliphatic rings. The van der Waals surface area contributed by atoms with Gasteiger partial charge in [-0.3, -0.25) is 9.48 Å². The predicted molar refractivity (Wildman–Crippen MR) is 64.3 cm³/mol. The molecule has 4 heteroatoms. The molecule has 0 saturated heterocycles. The van der Waals surface area contributed by atoms with E-state index in [1.807, 2.05) is 0 Å². The van der Waals surface area contributed by atoms with Gasteiger partial charge in [0.05, 0.1) is 0 Å². The Labute approximate surface area is 96.8 Å². The first-order valence-electron chi connectivity index (χ1n) is 5.97. The average Bonchev–Trinajstić information content (AvgIpc) is 2.74. The average molecular weight is 223 g/mol. The van der Waals surface area contributed by atoms with Crippen LogP contribution >= 0.6 is 0 Å². The largest absolute Gasteiger partial charge is 0.330 e. The van der Waals surface area contributed by atoms with Crippen molar-refractivity contribution in [3.05, 3.63) is 18.0 Å². The van der Waals surface area contributed by atoms with E-state index >= 15 is 0 Å². The number of hydrogen-bond donors (Lipinski definition) is 1. The molecule has 0 saturated carbocycles. The maximum atomic E-state index is 12.0. The normalized spacial score (nSPS) is 12.7. The van der Waals surface area contributed by atoms with Gasteiger partial charge in [0.25, 0.3) is 0 Å². The van der Waals surface area contributed by atoms with E-state index in [1.54, 1.807) is 16.9 Å². The zero-order valence-corrected chi connectivity index (χ0v) is 10.1. The fourth-order valence-electron chi connectivity index (χ4n) is 1.72. The number of carbonyl (C=O) groups is 1. The van der Waals surface area contributed by atoms with Crippen molar-refractivity contribution in [2.75, 3.05) is 6.54 Å². The van der Waals surface area contributed by atoms with Gasteiger partial charge in [0, 0.05) is 19.2 Å². The molecule has 0 spiro atoms. The summed E-state index contributed by atoms with van der Waals surface area (Å²) in [6, 6.07) is 1.79. The highest BCUT2D eigenvalue weighted by Gasteiger charge is 2.15. The Morgan fingerprint density at radius 2 is 2.31 bits per heavy atom. The number of aryl methyl sites for hydroxylation is 1. The van der Waals surface area contributed by atoms with Gasteiger partial charge >= 0.3 is 0 Å². The maximum absolute atomic E-state index is 12.0. The van der Waals surface area contributed by atoms with Crippen LogP contribution in [0.15, 0.2) is 12.3 Å². The van der Waals surface area contributed by atoms with Crippen molar-refractivity contribution in [1.82, 2.24) is 9.78 Å². The molecule has 1 atom stereocenters. The van der Waals surface area contributed by atoms with Gasteiger partial charge in [0.2, 0.25) is 0 Å². The third-order valence-electron chi connectivity index (χ3n) is 2.82. The minimum Gasteiger partial charge on any atom is -0.330 e. The van der Waals surface area contributed by atoms with Gasteiger partial charge in [-0.15, -0.1) is 0 Å². The first-order valence-corrected chi connectivity index (χ1v) is 5.97. The van der Waals surface area contributed by atoms with Crippen LogP contribution in [0.1, 0.15) is 43.6 Å². The van der Waals surface area contributed by atoms with Crippen LogP contribution in [0, 0.1) is 5.92 Å². The first kappa shape index (κ1) is 12.9. The summed E-state index contributed by atoms with van der Waals surface area (Å²) < 4.78 is 1.78. The van der Waals surface area contributed by atoms with Crippen molar-refractivity contribution in [2.45, 2.75) is 39.7 Å². The van der Waals surface area contributed by atoms with Gasteiger partial charge in [0.1, 0.15) is 5.69 Å².